The van der Waals surface area contributed by atoms with Gasteiger partial charge < -0.3 is 9.88 Å². The van der Waals surface area contributed by atoms with Crippen LogP contribution in [-0.2, 0) is 13.0 Å². The zero-order valence-electron chi connectivity index (χ0n) is 12.5. The number of likely N-dealkylation sites (N-methyl/N-ethyl adjacent to an activating group) is 1. The van der Waals surface area contributed by atoms with Crippen LogP contribution in [0.3, 0.4) is 0 Å². The first-order valence-electron chi connectivity index (χ1n) is 7.41. The van der Waals surface area contributed by atoms with E-state index >= 15 is 0 Å². The lowest BCUT2D eigenvalue weighted by atomic mass is 10.1. The molecule has 0 saturated heterocycles. The van der Waals surface area contributed by atoms with Crippen LogP contribution in [0.25, 0.3) is 15.9 Å². The summed E-state index contributed by atoms with van der Waals surface area (Å²) in [6.45, 7) is 2.02. The predicted molar refractivity (Wildman–Crippen MR) is 96.8 cm³/mol. The highest BCUT2D eigenvalue weighted by Crippen LogP contribution is 2.29. The summed E-state index contributed by atoms with van der Waals surface area (Å²) in [6, 6.07) is 7.17. The van der Waals surface area contributed by atoms with Gasteiger partial charge in [-0.15, -0.1) is 11.3 Å². The highest BCUT2D eigenvalue weighted by Gasteiger charge is 2.24. The summed E-state index contributed by atoms with van der Waals surface area (Å²) in [7, 11) is 2.18. The molecule has 2 N–H and O–H groups in total. The Balaban J connectivity index is 2.02. The van der Waals surface area contributed by atoms with Crippen LogP contribution in [0.15, 0.2) is 29.1 Å². The lowest BCUT2D eigenvalue weighted by Crippen LogP contribution is -3.08. The smallest absolute Gasteiger partial charge is 0.267 e. The van der Waals surface area contributed by atoms with Gasteiger partial charge in [0.25, 0.3) is 5.56 Å². The van der Waals surface area contributed by atoms with Gasteiger partial charge in [0.1, 0.15) is 11.4 Å². The number of hydrogen-bond donors (Lipinski definition) is 2. The maximum atomic E-state index is 13.1. The van der Waals surface area contributed by atoms with Crippen molar-refractivity contribution in [3.63, 3.8) is 0 Å². The first kappa shape index (κ1) is 15.1. The van der Waals surface area contributed by atoms with Gasteiger partial charge in [-0.05, 0) is 42.0 Å². The number of benzene rings is 1. The van der Waals surface area contributed by atoms with Crippen LogP contribution in [-0.4, -0.2) is 23.1 Å². The van der Waals surface area contributed by atoms with Crippen LogP contribution >= 0.6 is 35.2 Å². The number of fused-ring (bicyclic) bond motifs is 3. The topological polar surface area (TPSA) is 42.2 Å². The van der Waals surface area contributed by atoms with E-state index in [0.29, 0.717) is 9.79 Å². The molecule has 118 valence electrons. The Labute approximate surface area is 146 Å². The Morgan fingerprint density at radius 3 is 2.83 bits per heavy atom. The molecule has 3 aromatic rings. The number of nitrogens with one attached hydrogen (secondary N) is 2. The molecule has 7 heteroatoms. The molecule has 3 heterocycles. The van der Waals surface area contributed by atoms with E-state index in [1.165, 1.54) is 15.3 Å². The Hall–Kier alpha value is -1.47. The molecule has 0 amide bonds. The minimum absolute atomic E-state index is 0.0388. The van der Waals surface area contributed by atoms with Gasteiger partial charge in [-0.1, -0.05) is 11.6 Å². The molecule has 4 nitrogen and oxygen atoms in total. The van der Waals surface area contributed by atoms with Crippen molar-refractivity contribution in [2.75, 3.05) is 13.6 Å². The van der Waals surface area contributed by atoms with E-state index in [9.17, 15) is 4.79 Å². The molecule has 0 bridgehead atoms. The second-order valence-electron chi connectivity index (χ2n) is 5.89. The van der Waals surface area contributed by atoms with Crippen molar-refractivity contribution in [3.05, 3.63) is 54.9 Å². The summed E-state index contributed by atoms with van der Waals surface area (Å²) in [5.41, 5.74) is 1.89. The Bertz CT molecular complexity index is 1020. The zero-order chi connectivity index (χ0) is 16.1. The van der Waals surface area contributed by atoms with Gasteiger partial charge in [-0.25, -0.2) is 0 Å². The fourth-order valence-corrected chi connectivity index (χ4v) is 4.95. The van der Waals surface area contributed by atoms with Crippen LogP contribution in [0.4, 0.5) is 0 Å². The van der Waals surface area contributed by atoms with Crippen molar-refractivity contribution < 1.29 is 4.90 Å². The largest absolute Gasteiger partial charge is 0.333 e. The van der Waals surface area contributed by atoms with Gasteiger partial charge in [-0.2, -0.15) is 0 Å². The Morgan fingerprint density at radius 2 is 2.09 bits per heavy atom. The molecule has 1 unspecified atom stereocenters. The molecule has 1 aromatic carbocycles. The van der Waals surface area contributed by atoms with Crippen molar-refractivity contribution >= 4 is 45.4 Å². The summed E-state index contributed by atoms with van der Waals surface area (Å²) in [6.07, 6.45) is 0.932. The number of aromatic nitrogens is 2. The van der Waals surface area contributed by atoms with E-state index in [1.807, 2.05) is 12.1 Å². The van der Waals surface area contributed by atoms with E-state index in [2.05, 4.69) is 12.0 Å². The Kier molecular flexibility index (Phi) is 3.65. The van der Waals surface area contributed by atoms with Crippen molar-refractivity contribution in [2.24, 2.45) is 0 Å². The molecule has 0 radical (unpaired) electrons. The lowest BCUT2D eigenvalue weighted by Gasteiger charge is -2.19. The van der Waals surface area contributed by atoms with E-state index in [-0.39, 0.29) is 5.56 Å². The van der Waals surface area contributed by atoms with Gasteiger partial charge in [0, 0.05) is 11.4 Å². The molecule has 0 spiro atoms. The molecule has 0 saturated carbocycles. The van der Waals surface area contributed by atoms with E-state index in [1.54, 1.807) is 28.0 Å². The molecule has 23 heavy (non-hydrogen) atoms. The number of hydrogen-bond acceptors (Lipinski definition) is 3. The van der Waals surface area contributed by atoms with Crippen LogP contribution in [0.2, 0.25) is 5.02 Å². The Morgan fingerprint density at radius 1 is 1.35 bits per heavy atom. The van der Waals surface area contributed by atoms with Crippen molar-refractivity contribution in [3.8, 4) is 5.69 Å². The maximum Gasteiger partial charge on any atom is 0.267 e. The van der Waals surface area contributed by atoms with Crippen LogP contribution < -0.4 is 10.5 Å². The normalized spacial score (nSPS) is 17.4. The van der Waals surface area contributed by atoms with Gasteiger partial charge in [0.2, 0.25) is 0 Å². The van der Waals surface area contributed by atoms with Crippen LogP contribution in [0.1, 0.15) is 10.4 Å². The third-order valence-corrected chi connectivity index (χ3v) is 5.96. The second kappa shape index (κ2) is 5.56. The monoisotopic (exact) mass is 364 g/mol. The van der Waals surface area contributed by atoms with Gasteiger partial charge in [0.05, 0.1) is 29.5 Å². The van der Waals surface area contributed by atoms with Crippen LogP contribution in [0, 0.1) is 4.77 Å². The first-order chi connectivity index (χ1) is 11.0. The zero-order valence-corrected chi connectivity index (χ0v) is 14.9. The molecule has 0 fully saturated rings. The number of halogens is 1. The number of H-pyrrole nitrogens is 1. The van der Waals surface area contributed by atoms with Crippen molar-refractivity contribution in [1.29, 1.82) is 0 Å². The lowest BCUT2D eigenvalue weighted by molar-refractivity contribution is -0.895. The minimum Gasteiger partial charge on any atom is -0.333 e. The average molecular weight is 365 g/mol. The van der Waals surface area contributed by atoms with Gasteiger partial charge in [-0.3, -0.25) is 9.36 Å². The standard InChI is InChI=1S/C16H14ClN3OS2/c1-19-7-6-11-12(8-19)23-14-13(11)15(21)20(16(22)18-14)10-4-2-9(17)3-5-10/h2-5H,6-8H2,1H3,(H,18,22)/p+1. The highest BCUT2D eigenvalue weighted by molar-refractivity contribution is 7.71. The average Bonchev–Trinajstić information content (AvgIpc) is 2.86. The fraction of sp³-hybridized carbons (Fsp3) is 0.250. The SMILES string of the molecule is C[NH+]1CCc2c(sc3[nH]c(=S)n(-c4ccc(Cl)cc4)c(=O)c23)C1. The third kappa shape index (κ3) is 2.46. The number of quaternary nitrogens is 1. The molecule has 1 atom stereocenters. The number of rotatable bonds is 1. The predicted octanol–water partition coefficient (Wildman–Crippen LogP) is 2.33. The molecular weight excluding hydrogens is 350 g/mol. The molecule has 2 aromatic heterocycles. The summed E-state index contributed by atoms with van der Waals surface area (Å²) < 4.78 is 1.98. The third-order valence-electron chi connectivity index (χ3n) is 4.28. The number of nitrogens with zero attached hydrogens (tertiary/aromatic N) is 1. The van der Waals surface area contributed by atoms with Crippen molar-refractivity contribution in [2.45, 2.75) is 13.0 Å². The van der Waals surface area contributed by atoms with Gasteiger partial charge >= 0.3 is 0 Å². The van der Waals surface area contributed by atoms with E-state index in [4.69, 9.17) is 23.8 Å². The summed E-state index contributed by atoms with van der Waals surface area (Å²) in [5, 5.41) is 1.43. The minimum atomic E-state index is -0.0388. The summed E-state index contributed by atoms with van der Waals surface area (Å²) in [5.74, 6) is 0. The molecule has 1 aliphatic heterocycles. The highest BCUT2D eigenvalue weighted by atomic mass is 35.5. The molecular formula is C16H15ClN3OS2+. The molecule has 0 aliphatic carbocycles. The van der Waals surface area contributed by atoms with Gasteiger partial charge in [0.15, 0.2) is 4.77 Å². The van der Waals surface area contributed by atoms with E-state index < -0.39 is 0 Å². The van der Waals surface area contributed by atoms with Crippen LogP contribution in [0.5, 0.6) is 0 Å². The summed E-state index contributed by atoms with van der Waals surface area (Å²) in [4.78, 5) is 20.0. The molecule has 1 aliphatic rings. The quantitative estimate of drug-likeness (QED) is 0.651. The fourth-order valence-electron chi connectivity index (χ4n) is 3.12. The second-order valence-corrected chi connectivity index (χ2v) is 7.82. The van der Waals surface area contributed by atoms with E-state index in [0.717, 1.165) is 35.4 Å². The maximum absolute atomic E-state index is 13.1. The summed E-state index contributed by atoms with van der Waals surface area (Å²) >= 11 is 13.0. The number of aromatic amines is 1. The number of thiophene rings is 1. The first-order valence-corrected chi connectivity index (χ1v) is 9.01. The molecule has 4 rings (SSSR count). The van der Waals surface area contributed by atoms with Crippen molar-refractivity contribution in [1.82, 2.24) is 9.55 Å².